The fourth-order valence-corrected chi connectivity index (χ4v) is 5.61. The number of hydrogen-bond acceptors (Lipinski definition) is 7. The summed E-state index contributed by atoms with van der Waals surface area (Å²) in [6.07, 6.45) is 4.88. The van der Waals surface area contributed by atoms with Crippen molar-refractivity contribution in [1.82, 2.24) is 26.6 Å². The first-order chi connectivity index (χ1) is 14.3. The Morgan fingerprint density at radius 1 is 1.30 bits per heavy atom. The molecule has 0 amide bonds. The number of hydrogen-bond donors (Lipinski definition) is 6. The first kappa shape index (κ1) is 22.7. The van der Waals surface area contributed by atoms with E-state index >= 15 is 4.39 Å². The van der Waals surface area contributed by atoms with Gasteiger partial charge in [-0.1, -0.05) is 11.6 Å². The molecule has 2 saturated heterocycles. The van der Waals surface area contributed by atoms with Crippen molar-refractivity contribution in [3.63, 3.8) is 0 Å². The molecule has 1 saturated carbocycles. The fraction of sp³-hybridized carbons (Fsp3) is 0.900. The highest BCUT2D eigenvalue weighted by Crippen LogP contribution is 2.44. The summed E-state index contributed by atoms with van der Waals surface area (Å²) in [6, 6.07) is -0.153. The first-order valence-corrected chi connectivity index (χ1v) is 11.3. The van der Waals surface area contributed by atoms with E-state index in [4.69, 9.17) is 20.4 Å². The highest BCUT2D eigenvalue weighted by Gasteiger charge is 2.49. The second-order valence-corrected chi connectivity index (χ2v) is 9.38. The topological polar surface area (TPSA) is 89.6 Å². The summed E-state index contributed by atoms with van der Waals surface area (Å²) in [5, 5.41) is 26.0. The van der Waals surface area contributed by atoms with Gasteiger partial charge < -0.3 is 15.2 Å². The van der Waals surface area contributed by atoms with Gasteiger partial charge in [0.25, 0.3) is 0 Å². The minimum Gasteiger partial charge on any atom is -0.395 e. The lowest BCUT2D eigenvalue weighted by molar-refractivity contribution is -0.0267. The largest absolute Gasteiger partial charge is 0.395 e. The maximum absolute atomic E-state index is 15.9. The van der Waals surface area contributed by atoms with Gasteiger partial charge in [0, 0.05) is 36.7 Å². The summed E-state index contributed by atoms with van der Waals surface area (Å²) >= 11 is 0. The molecule has 10 heteroatoms. The molecule has 0 aromatic carbocycles. The van der Waals surface area contributed by atoms with Crippen LogP contribution in [0.5, 0.6) is 0 Å². The Morgan fingerprint density at radius 2 is 2.13 bits per heavy atom. The molecule has 4 rings (SSSR count). The third-order valence-corrected chi connectivity index (χ3v) is 6.85. The van der Waals surface area contributed by atoms with Gasteiger partial charge in [-0.15, -0.1) is 0 Å². The van der Waals surface area contributed by atoms with Crippen molar-refractivity contribution in [3.05, 3.63) is 11.6 Å². The molecular formula is C20H34B2FN5O2. The van der Waals surface area contributed by atoms with E-state index in [1.54, 1.807) is 0 Å². The summed E-state index contributed by atoms with van der Waals surface area (Å²) < 4.78 is 22.0. The van der Waals surface area contributed by atoms with Crippen molar-refractivity contribution in [2.75, 3.05) is 19.7 Å². The Balaban J connectivity index is 1.46. The smallest absolute Gasteiger partial charge is 0.124 e. The average Bonchev–Trinajstić information content (AvgIpc) is 2.93. The zero-order chi connectivity index (χ0) is 21.3. The standard InChI is InChI=1S/C20H34B2FN5O2/c1-11-9-15(28-20(21,22)29)27-19(25-11)26-14-10-13-5-8-30-18(13)16(17(14)23)12-3-2-6-24-7-4-12/h4,11,13-19,24-29H,2-3,5-10H2,1H3. The predicted octanol–water partition coefficient (Wildman–Crippen LogP) is -0.871. The maximum Gasteiger partial charge on any atom is 0.124 e. The van der Waals surface area contributed by atoms with Gasteiger partial charge in [-0.3, -0.25) is 21.3 Å². The Bertz CT molecular complexity index is 622. The molecular weight excluding hydrogens is 383 g/mol. The van der Waals surface area contributed by atoms with E-state index in [-0.39, 0.29) is 36.6 Å². The molecule has 1 aliphatic carbocycles. The summed E-state index contributed by atoms with van der Waals surface area (Å²) in [6.45, 7) is 4.52. The summed E-state index contributed by atoms with van der Waals surface area (Å²) in [5.41, 5.74) is -0.767. The first-order valence-electron chi connectivity index (χ1n) is 11.3. The molecule has 4 radical (unpaired) electrons. The monoisotopic (exact) mass is 417 g/mol. The Labute approximate surface area is 181 Å². The van der Waals surface area contributed by atoms with Crippen LogP contribution in [0.25, 0.3) is 0 Å². The molecule has 6 N–H and O–H groups in total. The van der Waals surface area contributed by atoms with Crippen LogP contribution in [0.15, 0.2) is 11.6 Å². The quantitative estimate of drug-likeness (QED) is 0.197. The normalized spacial score (nSPS) is 43.0. The van der Waals surface area contributed by atoms with Crippen LogP contribution in [-0.2, 0) is 4.74 Å². The zero-order valence-electron chi connectivity index (χ0n) is 17.7. The number of halogens is 1. The lowest BCUT2D eigenvalue weighted by Crippen LogP contribution is -2.71. The van der Waals surface area contributed by atoms with Gasteiger partial charge in [-0.05, 0) is 51.5 Å². The van der Waals surface area contributed by atoms with Crippen molar-refractivity contribution < 1.29 is 14.2 Å². The molecule has 3 fully saturated rings. The van der Waals surface area contributed by atoms with Crippen LogP contribution >= 0.6 is 0 Å². The van der Waals surface area contributed by atoms with Gasteiger partial charge in [0.2, 0.25) is 0 Å². The molecule has 4 aliphatic rings. The molecule has 3 aliphatic heterocycles. The number of fused-ring (bicyclic) bond motifs is 1. The average molecular weight is 417 g/mol. The van der Waals surface area contributed by atoms with Gasteiger partial charge in [-0.2, -0.15) is 0 Å². The third-order valence-electron chi connectivity index (χ3n) is 6.85. The molecule has 30 heavy (non-hydrogen) atoms. The molecule has 0 aromatic rings. The lowest BCUT2D eigenvalue weighted by atomic mass is 9.71. The van der Waals surface area contributed by atoms with Crippen molar-refractivity contribution >= 4 is 15.7 Å². The molecule has 0 aromatic heterocycles. The van der Waals surface area contributed by atoms with E-state index in [0.717, 1.165) is 38.8 Å². The summed E-state index contributed by atoms with van der Waals surface area (Å²) in [7, 11) is 11.0. The van der Waals surface area contributed by atoms with Gasteiger partial charge in [-0.25, -0.2) is 4.39 Å². The van der Waals surface area contributed by atoms with E-state index < -0.39 is 11.7 Å². The van der Waals surface area contributed by atoms with E-state index in [0.29, 0.717) is 18.9 Å². The molecule has 164 valence electrons. The van der Waals surface area contributed by atoms with Crippen LogP contribution < -0.4 is 26.6 Å². The van der Waals surface area contributed by atoms with Crippen LogP contribution in [0.2, 0.25) is 0 Å². The second kappa shape index (κ2) is 9.57. The van der Waals surface area contributed by atoms with E-state index in [9.17, 15) is 5.11 Å². The van der Waals surface area contributed by atoms with E-state index in [1.165, 1.54) is 5.57 Å². The van der Waals surface area contributed by atoms with Crippen LogP contribution in [0.1, 0.15) is 39.0 Å². The maximum atomic E-state index is 15.9. The number of nitrogens with one attached hydrogen (secondary N) is 5. The van der Waals surface area contributed by atoms with Crippen molar-refractivity contribution in [2.24, 2.45) is 11.8 Å². The van der Waals surface area contributed by atoms with Gasteiger partial charge >= 0.3 is 0 Å². The van der Waals surface area contributed by atoms with Gasteiger partial charge in [0.15, 0.2) is 0 Å². The number of alkyl halides is 1. The zero-order valence-corrected chi connectivity index (χ0v) is 17.7. The summed E-state index contributed by atoms with van der Waals surface area (Å²) in [4.78, 5) is 0. The highest BCUT2D eigenvalue weighted by molar-refractivity contribution is 6.38. The fourth-order valence-electron chi connectivity index (χ4n) is 5.61. The predicted molar refractivity (Wildman–Crippen MR) is 115 cm³/mol. The Hall–Kier alpha value is -0.480. The number of aliphatic hydroxyl groups is 1. The molecule has 7 nitrogen and oxygen atoms in total. The van der Waals surface area contributed by atoms with Crippen molar-refractivity contribution in [1.29, 1.82) is 0 Å². The minimum atomic E-state index is -1.97. The SMILES string of the molecule is [B]C([B])(O)NC1CC(C)NC(NC2CC3CCOC3C(C3=CCNCCC3)C2F)N1. The lowest BCUT2D eigenvalue weighted by Gasteiger charge is -2.46. The molecule has 0 bridgehead atoms. The molecule has 3 heterocycles. The van der Waals surface area contributed by atoms with Crippen LogP contribution in [-0.4, -0.2) is 82.8 Å². The highest BCUT2D eigenvalue weighted by atomic mass is 19.1. The van der Waals surface area contributed by atoms with Crippen LogP contribution in [0, 0.1) is 11.8 Å². The molecule has 0 spiro atoms. The number of rotatable bonds is 5. The van der Waals surface area contributed by atoms with Crippen molar-refractivity contribution in [3.8, 4) is 0 Å². The Morgan fingerprint density at radius 3 is 2.93 bits per heavy atom. The molecule has 8 atom stereocenters. The van der Waals surface area contributed by atoms with Crippen molar-refractivity contribution in [2.45, 2.75) is 81.4 Å². The number of ether oxygens (including phenoxy) is 1. The Kier molecular flexibility index (Phi) is 7.24. The van der Waals surface area contributed by atoms with E-state index in [1.807, 2.05) is 6.92 Å². The minimum absolute atomic E-state index is 0.0208. The third kappa shape index (κ3) is 5.46. The summed E-state index contributed by atoms with van der Waals surface area (Å²) in [5.74, 6) is 0.168. The second-order valence-electron chi connectivity index (χ2n) is 9.38. The molecule has 8 unspecified atom stereocenters. The van der Waals surface area contributed by atoms with Gasteiger partial charge in [0.1, 0.15) is 28.2 Å². The van der Waals surface area contributed by atoms with E-state index in [2.05, 4.69) is 32.7 Å². The van der Waals surface area contributed by atoms with Crippen LogP contribution in [0.3, 0.4) is 0 Å². The van der Waals surface area contributed by atoms with Crippen LogP contribution in [0.4, 0.5) is 4.39 Å². The van der Waals surface area contributed by atoms with Gasteiger partial charge in [0.05, 0.1) is 12.3 Å².